The van der Waals surface area contributed by atoms with E-state index >= 15 is 0 Å². The van der Waals surface area contributed by atoms with Crippen LogP contribution in [0.15, 0.2) is 36.7 Å². The third-order valence-electron chi connectivity index (χ3n) is 3.94. The molecule has 0 saturated heterocycles. The van der Waals surface area contributed by atoms with Crippen LogP contribution in [0.1, 0.15) is 24.4 Å². The number of hydrogen-bond donors (Lipinski definition) is 1. The fourth-order valence-corrected chi connectivity index (χ4v) is 4.01. The Morgan fingerprint density at radius 1 is 1.36 bits per heavy atom. The Hall–Kier alpha value is -2.27. The number of pyridine rings is 1. The number of amides is 1. The van der Waals surface area contributed by atoms with Crippen LogP contribution in [0.4, 0.5) is 0 Å². The number of nitrogens with one attached hydrogen (secondary N) is 1. The van der Waals surface area contributed by atoms with Crippen molar-refractivity contribution in [2.24, 2.45) is 0 Å². The van der Waals surface area contributed by atoms with E-state index in [2.05, 4.69) is 21.2 Å². The van der Waals surface area contributed by atoms with Gasteiger partial charge in [-0.3, -0.25) is 9.78 Å². The Balaban J connectivity index is 1.77. The molecular formula is C20H18ClN3O2S2. The summed E-state index contributed by atoms with van der Waals surface area (Å²) in [7, 11) is 0. The second-order valence-electron chi connectivity index (χ2n) is 6.49. The van der Waals surface area contributed by atoms with Crippen LogP contribution in [0.3, 0.4) is 0 Å². The van der Waals surface area contributed by atoms with Crippen molar-refractivity contribution in [3.63, 3.8) is 0 Å². The Morgan fingerprint density at radius 2 is 2.14 bits per heavy atom. The maximum absolute atomic E-state index is 12.8. The van der Waals surface area contributed by atoms with Gasteiger partial charge in [0.15, 0.2) is 0 Å². The first kappa shape index (κ1) is 20.5. The summed E-state index contributed by atoms with van der Waals surface area (Å²) in [5.41, 5.74) is 0.100. The molecular weight excluding hydrogens is 414 g/mol. The molecule has 1 amide bonds. The summed E-state index contributed by atoms with van der Waals surface area (Å²) in [6.07, 6.45) is 10.5. The molecule has 0 bridgehead atoms. The molecule has 1 aromatic carbocycles. The predicted molar refractivity (Wildman–Crippen MR) is 116 cm³/mol. The molecule has 0 saturated carbocycles. The number of hydrogen-bond acceptors (Lipinski definition) is 6. The van der Waals surface area contributed by atoms with E-state index in [4.69, 9.17) is 22.8 Å². The number of fused-ring (bicyclic) bond motifs is 1. The zero-order valence-electron chi connectivity index (χ0n) is 15.5. The fourth-order valence-electron chi connectivity index (χ4n) is 2.56. The van der Waals surface area contributed by atoms with Crippen LogP contribution < -0.4 is 10.1 Å². The van der Waals surface area contributed by atoms with Gasteiger partial charge in [-0.2, -0.15) is 0 Å². The molecule has 8 heteroatoms. The third-order valence-corrected chi connectivity index (χ3v) is 6.12. The summed E-state index contributed by atoms with van der Waals surface area (Å²) >= 11 is 8.60. The van der Waals surface area contributed by atoms with E-state index < -0.39 is 11.0 Å². The molecule has 0 aliphatic heterocycles. The summed E-state index contributed by atoms with van der Waals surface area (Å²) in [5.74, 6) is 2.88. The Labute approximate surface area is 176 Å². The number of halogens is 1. The Morgan fingerprint density at radius 3 is 2.79 bits per heavy atom. The van der Waals surface area contributed by atoms with Gasteiger partial charge in [-0.15, -0.1) is 29.5 Å². The van der Waals surface area contributed by atoms with Crippen molar-refractivity contribution in [2.45, 2.75) is 24.8 Å². The molecule has 1 unspecified atom stereocenters. The molecule has 1 N–H and O–H groups in total. The van der Waals surface area contributed by atoms with Gasteiger partial charge in [0, 0.05) is 17.1 Å². The Kier molecular flexibility index (Phi) is 6.14. The maximum Gasteiger partial charge on any atom is 0.272 e. The maximum atomic E-state index is 12.8. The zero-order valence-corrected chi connectivity index (χ0v) is 17.9. The number of benzene rings is 1. The highest BCUT2D eigenvalue weighted by molar-refractivity contribution is 7.99. The number of thiazole rings is 1. The van der Waals surface area contributed by atoms with Gasteiger partial charge in [0.05, 0.1) is 17.3 Å². The highest BCUT2D eigenvalue weighted by atomic mass is 35.5. The SMILES string of the molecule is C#Cc1cnc2ccc(OC(SC)C(=O)NC(C)(C)c3ncc(Cl)s3)cc2c1. The molecule has 0 fully saturated rings. The predicted octanol–water partition coefficient (Wildman–Crippen LogP) is 4.45. The second kappa shape index (κ2) is 8.39. The first-order valence-electron chi connectivity index (χ1n) is 8.32. The van der Waals surface area contributed by atoms with Crippen molar-refractivity contribution in [1.82, 2.24) is 15.3 Å². The van der Waals surface area contributed by atoms with Gasteiger partial charge >= 0.3 is 0 Å². The van der Waals surface area contributed by atoms with Crippen LogP contribution in [0.25, 0.3) is 10.9 Å². The molecule has 144 valence electrons. The molecule has 3 aromatic rings. The summed E-state index contributed by atoms with van der Waals surface area (Å²) in [5, 5.41) is 4.56. The van der Waals surface area contributed by atoms with Crippen LogP contribution >= 0.6 is 34.7 Å². The number of ether oxygens (including phenoxy) is 1. The van der Waals surface area contributed by atoms with Crippen molar-refractivity contribution in [1.29, 1.82) is 0 Å². The fraction of sp³-hybridized carbons (Fsp3) is 0.250. The van der Waals surface area contributed by atoms with Crippen LogP contribution in [0, 0.1) is 12.3 Å². The van der Waals surface area contributed by atoms with E-state index in [1.165, 1.54) is 23.1 Å². The highest BCUT2D eigenvalue weighted by Gasteiger charge is 2.30. The third kappa shape index (κ3) is 4.58. The number of aromatic nitrogens is 2. The second-order valence-corrected chi connectivity index (χ2v) is 9.05. The van der Waals surface area contributed by atoms with E-state index in [0.717, 1.165) is 15.9 Å². The number of thioether (sulfide) groups is 1. The molecule has 5 nitrogen and oxygen atoms in total. The minimum absolute atomic E-state index is 0.251. The van der Waals surface area contributed by atoms with Crippen LogP contribution in [0.5, 0.6) is 5.75 Å². The van der Waals surface area contributed by atoms with E-state index in [9.17, 15) is 4.79 Å². The average Bonchev–Trinajstić information content (AvgIpc) is 3.12. The molecule has 3 rings (SSSR count). The molecule has 1 atom stereocenters. The lowest BCUT2D eigenvalue weighted by Crippen LogP contribution is -2.46. The zero-order chi connectivity index (χ0) is 20.3. The van der Waals surface area contributed by atoms with E-state index in [1.807, 2.05) is 38.3 Å². The summed E-state index contributed by atoms with van der Waals surface area (Å²) in [4.78, 5) is 21.4. The van der Waals surface area contributed by atoms with Crippen molar-refractivity contribution in [3.8, 4) is 18.1 Å². The van der Waals surface area contributed by atoms with E-state index in [-0.39, 0.29) is 5.91 Å². The minimum Gasteiger partial charge on any atom is -0.470 e. The lowest BCUT2D eigenvalue weighted by molar-refractivity contribution is -0.126. The molecule has 0 radical (unpaired) electrons. The topological polar surface area (TPSA) is 64.1 Å². The van der Waals surface area contributed by atoms with Crippen molar-refractivity contribution < 1.29 is 9.53 Å². The summed E-state index contributed by atoms with van der Waals surface area (Å²) < 4.78 is 6.50. The monoisotopic (exact) mass is 431 g/mol. The number of rotatable bonds is 6. The van der Waals surface area contributed by atoms with Crippen LogP contribution in [0.2, 0.25) is 4.34 Å². The van der Waals surface area contributed by atoms with Crippen molar-refractivity contribution >= 4 is 51.5 Å². The standard InChI is InChI=1S/C20H18ClN3O2S2/c1-5-12-8-13-9-14(6-7-15(13)22-10-12)26-18(27-4)17(25)24-20(2,3)19-23-11-16(21)28-19/h1,6-11,18H,2-4H3,(H,24,25). The first-order chi connectivity index (χ1) is 13.3. The highest BCUT2D eigenvalue weighted by Crippen LogP contribution is 2.29. The summed E-state index contributed by atoms with van der Waals surface area (Å²) in [6.45, 7) is 3.75. The molecule has 2 aromatic heterocycles. The van der Waals surface area contributed by atoms with Gasteiger partial charge in [0.2, 0.25) is 5.44 Å². The van der Waals surface area contributed by atoms with Crippen LogP contribution in [-0.4, -0.2) is 27.6 Å². The van der Waals surface area contributed by atoms with Gasteiger partial charge < -0.3 is 10.1 Å². The molecule has 0 aliphatic carbocycles. The molecule has 2 heterocycles. The van der Waals surface area contributed by atoms with Crippen LogP contribution in [-0.2, 0) is 10.3 Å². The van der Waals surface area contributed by atoms with Gasteiger partial charge in [-0.1, -0.05) is 17.5 Å². The van der Waals surface area contributed by atoms with Gasteiger partial charge in [-0.25, -0.2) is 4.98 Å². The smallest absolute Gasteiger partial charge is 0.272 e. The van der Waals surface area contributed by atoms with Gasteiger partial charge in [0.25, 0.3) is 5.91 Å². The largest absolute Gasteiger partial charge is 0.470 e. The van der Waals surface area contributed by atoms with Crippen molar-refractivity contribution in [2.75, 3.05) is 6.26 Å². The van der Waals surface area contributed by atoms with Gasteiger partial charge in [0.1, 0.15) is 15.1 Å². The number of carbonyl (C=O) groups is 1. The normalized spacial score (nSPS) is 12.4. The first-order valence-corrected chi connectivity index (χ1v) is 10.8. The van der Waals surface area contributed by atoms with Gasteiger partial charge in [-0.05, 0) is 44.4 Å². The Bertz CT molecular complexity index is 1060. The molecule has 0 spiro atoms. The lowest BCUT2D eigenvalue weighted by atomic mass is 10.1. The quantitative estimate of drug-likeness (QED) is 0.461. The lowest BCUT2D eigenvalue weighted by Gasteiger charge is -2.26. The summed E-state index contributed by atoms with van der Waals surface area (Å²) in [6, 6.07) is 7.30. The van der Waals surface area contributed by atoms with Crippen molar-refractivity contribution in [3.05, 3.63) is 51.6 Å². The van der Waals surface area contributed by atoms with E-state index in [1.54, 1.807) is 18.5 Å². The number of nitrogens with zero attached hydrogens (tertiary/aromatic N) is 2. The average molecular weight is 432 g/mol. The molecule has 28 heavy (non-hydrogen) atoms. The van der Waals surface area contributed by atoms with E-state index in [0.29, 0.717) is 15.6 Å². The molecule has 0 aliphatic rings. The number of terminal acetylenes is 1. The number of carbonyl (C=O) groups excluding carboxylic acids is 1. The minimum atomic E-state index is -0.726.